The van der Waals surface area contributed by atoms with Crippen LogP contribution in [-0.2, 0) is 4.79 Å². The van der Waals surface area contributed by atoms with E-state index in [9.17, 15) is 14.7 Å². The van der Waals surface area contributed by atoms with E-state index < -0.39 is 17.4 Å². The summed E-state index contributed by atoms with van der Waals surface area (Å²) in [6.07, 6.45) is 3.41. The number of hydrogen-bond donors (Lipinski definition) is 2. The van der Waals surface area contributed by atoms with Gasteiger partial charge >= 0.3 is 5.97 Å². The summed E-state index contributed by atoms with van der Waals surface area (Å²) in [5, 5.41) is 13.3. The van der Waals surface area contributed by atoms with Crippen molar-refractivity contribution < 1.29 is 14.7 Å². The van der Waals surface area contributed by atoms with Crippen molar-refractivity contribution in [3.63, 3.8) is 0 Å². The van der Waals surface area contributed by atoms with Gasteiger partial charge in [0.25, 0.3) is 5.91 Å². The van der Waals surface area contributed by atoms with E-state index in [1.165, 1.54) is 0 Å². The Morgan fingerprint density at radius 3 is 2.55 bits per heavy atom. The van der Waals surface area contributed by atoms with Gasteiger partial charge in [0, 0.05) is 11.6 Å². The van der Waals surface area contributed by atoms with Crippen molar-refractivity contribution in [1.29, 1.82) is 0 Å². The zero-order valence-electron chi connectivity index (χ0n) is 12.4. The van der Waals surface area contributed by atoms with E-state index in [2.05, 4.69) is 5.32 Å². The zero-order valence-corrected chi connectivity index (χ0v) is 12.4. The monoisotopic (exact) mass is 300 g/mol. The molecule has 1 aliphatic carbocycles. The first-order chi connectivity index (χ1) is 10.6. The molecule has 0 aromatic heterocycles. The molecule has 0 radical (unpaired) electrons. The fraction of sp³-hybridized carbons (Fsp3) is 0.529. The number of nitrogens with zero attached hydrogens (tertiary/aromatic N) is 1. The quantitative estimate of drug-likeness (QED) is 0.870. The molecule has 1 spiro atoms. The highest BCUT2D eigenvalue weighted by Crippen LogP contribution is 2.50. The molecule has 2 heterocycles. The number of aliphatic carboxylic acids is 1. The van der Waals surface area contributed by atoms with Crippen LogP contribution in [0.3, 0.4) is 0 Å². The third-order valence-corrected chi connectivity index (χ3v) is 5.37. The van der Waals surface area contributed by atoms with Gasteiger partial charge in [0.1, 0.15) is 5.92 Å². The average molecular weight is 300 g/mol. The molecule has 2 aliphatic heterocycles. The number of carboxylic acid groups (broad SMARTS) is 1. The molecule has 2 fully saturated rings. The lowest BCUT2D eigenvalue weighted by atomic mass is 9.68. The number of fused-ring (bicyclic) bond motifs is 1. The molecular formula is C17H20N2O3. The minimum absolute atomic E-state index is 0.0255. The van der Waals surface area contributed by atoms with E-state index in [-0.39, 0.29) is 11.9 Å². The van der Waals surface area contributed by atoms with Crippen molar-refractivity contribution in [2.75, 3.05) is 13.1 Å². The van der Waals surface area contributed by atoms with E-state index in [4.69, 9.17) is 0 Å². The number of amides is 1. The Morgan fingerprint density at radius 2 is 1.91 bits per heavy atom. The SMILES string of the molecule is O=C(O)C1c2ccccc2C(=O)N(C2CC2)C12CCNCC2. The molecule has 1 amide bonds. The number of benzene rings is 1. The standard InChI is InChI=1S/C17H20N2O3/c20-15-13-4-2-1-3-12(13)14(16(21)22)17(7-9-18-10-8-17)19(15)11-5-6-11/h1-4,11,14,18H,5-10H2,(H,21,22). The number of carbonyl (C=O) groups excluding carboxylic acids is 1. The topological polar surface area (TPSA) is 69.6 Å². The fourth-order valence-electron chi connectivity index (χ4n) is 4.32. The van der Waals surface area contributed by atoms with E-state index in [1.54, 1.807) is 6.07 Å². The van der Waals surface area contributed by atoms with Crippen LogP contribution >= 0.6 is 0 Å². The number of rotatable bonds is 2. The van der Waals surface area contributed by atoms with Crippen LogP contribution in [0.2, 0.25) is 0 Å². The first kappa shape index (κ1) is 13.8. The van der Waals surface area contributed by atoms with E-state index in [1.807, 2.05) is 23.1 Å². The second kappa shape index (κ2) is 4.81. The maximum atomic E-state index is 13.1. The number of carboxylic acids is 1. The van der Waals surface area contributed by atoms with Gasteiger partial charge in [-0.25, -0.2) is 0 Å². The highest BCUT2D eigenvalue weighted by atomic mass is 16.4. The second-order valence-electron chi connectivity index (χ2n) is 6.62. The van der Waals surface area contributed by atoms with Gasteiger partial charge in [0.05, 0.1) is 5.54 Å². The van der Waals surface area contributed by atoms with Gasteiger partial charge in [-0.2, -0.15) is 0 Å². The summed E-state index contributed by atoms with van der Waals surface area (Å²) in [6.45, 7) is 1.53. The number of piperidine rings is 1. The predicted molar refractivity (Wildman–Crippen MR) is 80.8 cm³/mol. The van der Waals surface area contributed by atoms with E-state index >= 15 is 0 Å². The average Bonchev–Trinajstić information content (AvgIpc) is 3.32. The summed E-state index contributed by atoms with van der Waals surface area (Å²) >= 11 is 0. The molecule has 2 N–H and O–H groups in total. The normalized spacial score (nSPS) is 26.8. The van der Waals surface area contributed by atoms with Crippen molar-refractivity contribution >= 4 is 11.9 Å². The smallest absolute Gasteiger partial charge is 0.313 e. The highest BCUT2D eigenvalue weighted by molar-refractivity contribution is 6.01. The molecule has 1 saturated heterocycles. The van der Waals surface area contributed by atoms with Gasteiger partial charge in [-0.05, 0) is 50.4 Å². The van der Waals surface area contributed by atoms with Crippen LogP contribution in [0.5, 0.6) is 0 Å². The van der Waals surface area contributed by atoms with Crippen molar-refractivity contribution in [3.05, 3.63) is 35.4 Å². The van der Waals surface area contributed by atoms with Crippen LogP contribution < -0.4 is 5.32 Å². The van der Waals surface area contributed by atoms with Crippen LogP contribution in [-0.4, -0.2) is 46.6 Å². The van der Waals surface area contributed by atoms with Crippen LogP contribution in [0.4, 0.5) is 0 Å². The summed E-state index contributed by atoms with van der Waals surface area (Å²) in [4.78, 5) is 27.1. The van der Waals surface area contributed by atoms with Crippen molar-refractivity contribution in [2.45, 2.75) is 43.2 Å². The van der Waals surface area contributed by atoms with Gasteiger partial charge in [-0.15, -0.1) is 0 Å². The predicted octanol–water partition coefficient (Wildman–Crippen LogP) is 1.60. The largest absolute Gasteiger partial charge is 0.481 e. The minimum Gasteiger partial charge on any atom is -0.481 e. The lowest BCUT2D eigenvalue weighted by Gasteiger charge is -2.53. The Bertz CT molecular complexity index is 633. The third kappa shape index (κ3) is 1.81. The Hall–Kier alpha value is -1.88. The van der Waals surface area contributed by atoms with Crippen molar-refractivity contribution in [3.8, 4) is 0 Å². The third-order valence-electron chi connectivity index (χ3n) is 5.37. The number of hydrogen-bond acceptors (Lipinski definition) is 3. The summed E-state index contributed by atoms with van der Waals surface area (Å²) in [5.74, 6) is -1.41. The van der Waals surface area contributed by atoms with E-state index in [0.717, 1.165) is 25.9 Å². The second-order valence-corrected chi connectivity index (χ2v) is 6.62. The lowest BCUT2D eigenvalue weighted by Crippen LogP contribution is -2.64. The van der Waals surface area contributed by atoms with Crippen LogP contribution in [0.15, 0.2) is 24.3 Å². The molecule has 0 bridgehead atoms. The Labute approximate surface area is 129 Å². The summed E-state index contributed by atoms with van der Waals surface area (Å²) in [5.41, 5.74) is 0.703. The molecule has 3 aliphatic rings. The molecule has 5 nitrogen and oxygen atoms in total. The van der Waals surface area contributed by atoms with Crippen LogP contribution in [0.1, 0.15) is 47.5 Å². The molecule has 1 unspecified atom stereocenters. The minimum atomic E-state index is -0.812. The molecule has 22 heavy (non-hydrogen) atoms. The molecule has 116 valence electrons. The Balaban J connectivity index is 1.92. The van der Waals surface area contributed by atoms with Gasteiger partial charge in [-0.1, -0.05) is 18.2 Å². The maximum absolute atomic E-state index is 13.1. The van der Waals surface area contributed by atoms with Gasteiger partial charge < -0.3 is 15.3 Å². The van der Waals surface area contributed by atoms with E-state index in [0.29, 0.717) is 24.0 Å². The molecule has 1 saturated carbocycles. The van der Waals surface area contributed by atoms with Gasteiger partial charge in [0.2, 0.25) is 0 Å². The molecule has 4 rings (SSSR count). The Morgan fingerprint density at radius 1 is 1.23 bits per heavy atom. The van der Waals surface area contributed by atoms with Crippen molar-refractivity contribution in [2.24, 2.45) is 0 Å². The summed E-state index contributed by atoms with van der Waals surface area (Å²) in [6, 6.07) is 7.47. The van der Waals surface area contributed by atoms with Gasteiger partial charge in [0.15, 0.2) is 0 Å². The van der Waals surface area contributed by atoms with Crippen LogP contribution in [0.25, 0.3) is 0 Å². The first-order valence-electron chi connectivity index (χ1n) is 8.01. The summed E-state index contributed by atoms with van der Waals surface area (Å²) < 4.78 is 0. The van der Waals surface area contributed by atoms with Crippen molar-refractivity contribution in [1.82, 2.24) is 10.2 Å². The molecule has 1 aromatic rings. The molecular weight excluding hydrogens is 280 g/mol. The van der Waals surface area contributed by atoms with Gasteiger partial charge in [-0.3, -0.25) is 9.59 Å². The number of carbonyl (C=O) groups is 2. The zero-order chi connectivity index (χ0) is 15.3. The molecule has 1 atom stereocenters. The Kier molecular flexibility index (Phi) is 3.01. The molecule has 5 heteroatoms. The highest BCUT2D eigenvalue weighted by Gasteiger charge is 2.58. The first-order valence-corrected chi connectivity index (χ1v) is 8.01. The maximum Gasteiger partial charge on any atom is 0.313 e. The number of nitrogens with one attached hydrogen (secondary N) is 1. The fourth-order valence-corrected chi connectivity index (χ4v) is 4.32. The van der Waals surface area contributed by atoms with Crippen LogP contribution in [0, 0.1) is 0 Å². The summed E-state index contributed by atoms with van der Waals surface area (Å²) in [7, 11) is 0. The lowest BCUT2D eigenvalue weighted by molar-refractivity contribution is -0.144. The molecule has 1 aromatic carbocycles.